The van der Waals surface area contributed by atoms with E-state index in [2.05, 4.69) is 13.0 Å². The van der Waals surface area contributed by atoms with Gasteiger partial charge in [-0.15, -0.1) is 4.73 Å². The third kappa shape index (κ3) is 9.83. The molecule has 3 heteroatoms. The molecule has 0 saturated heterocycles. The first-order chi connectivity index (χ1) is 13.1. The van der Waals surface area contributed by atoms with Gasteiger partial charge in [-0.25, -0.2) is 0 Å². The second kappa shape index (κ2) is 14.5. The van der Waals surface area contributed by atoms with Crippen molar-refractivity contribution in [2.24, 2.45) is 0 Å². The second-order valence-electron chi connectivity index (χ2n) is 7.93. The van der Waals surface area contributed by atoms with Crippen LogP contribution in [0.1, 0.15) is 114 Å². The van der Waals surface area contributed by atoms with Crippen molar-refractivity contribution in [3.05, 3.63) is 39.3 Å². The maximum atomic E-state index is 11.8. The van der Waals surface area contributed by atoms with Gasteiger partial charge >= 0.3 is 0 Å². The lowest BCUT2D eigenvalue weighted by molar-refractivity contribution is 0.172. The summed E-state index contributed by atoms with van der Waals surface area (Å²) in [6.45, 7) is 5.92. The maximum Gasteiger partial charge on any atom is 0.286 e. The average Bonchev–Trinajstić information content (AvgIpc) is 2.67. The average molecular weight is 376 g/mol. The van der Waals surface area contributed by atoms with E-state index < -0.39 is 0 Å². The summed E-state index contributed by atoms with van der Waals surface area (Å²) in [5.74, 6) is 0. The SMILES string of the molecule is CCCCCCCCCCCCCCC/C=C/c1cc(C)c(C)c(=O)n1O. The Labute approximate surface area is 166 Å². The summed E-state index contributed by atoms with van der Waals surface area (Å²) in [5.41, 5.74) is 1.77. The molecule has 0 aliphatic carbocycles. The molecule has 0 unspecified atom stereocenters. The molecule has 0 bridgehead atoms. The van der Waals surface area contributed by atoms with Gasteiger partial charge in [0.1, 0.15) is 0 Å². The molecule has 0 radical (unpaired) electrons. The number of hydrogen-bond donors (Lipinski definition) is 1. The zero-order chi connectivity index (χ0) is 19.9. The Morgan fingerprint density at radius 3 is 1.85 bits per heavy atom. The normalized spacial score (nSPS) is 11.5. The summed E-state index contributed by atoms with van der Waals surface area (Å²) < 4.78 is 0.753. The Morgan fingerprint density at radius 1 is 0.852 bits per heavy atom. The van der Waals surface area contributed by atoms with E-state index in [9.17, 15) is 10.0 Å². The van der Waals surface area contributed by atoms with Crippen LogP contribution in [0, 0.1) is 13.8 Å². The first kappa shape index (κ1) is 23.5. The van der Waals surface area contributed by atoms with E-state index in [4.69, 9.17) is 0 Å². The summed E-state index contributed by atoms with van der Waals surface area (Å²) in [7, 11) is 0. The minimum Gasteiger partial charge on any atom is -0.425 e. The minimum atomic E-state index is -0.324. The molecule has 1 aromatic rings. The van der Waals surface area contributed by atoms with Crippen molar-refractivity contribution in [3.8, 4) is 0 Å². The van der Waals surface area contributed by atoms with Crippen LogP contribution in [0.4, 0.5) is 0 Å². The van der Waals surface area contributed by atoms with Gasteiger partial charge in [0.15, 0.2) is 0 Å². The predicted octanol–water partition coefficient (Wildman–Crippen LogP) is 7.20. The Balaban J connectivity index is 2.02. The lowest BCUT2D eigenvalue weighted by Gasteiger charge is -2.06. The Morgan fingerprint density at radius 2 is 1.33 bits per heavy atom. The molecule has 0 aliphatic heterocycles. The summed E-state index contributed by atoms with van der Waals surface area (Å²) in [6.07, 6.45) is 22.6. The predicted molar refractivity (Wildman–Crippen MR) is 117 cm³/mol. The topological polar surface area (TPSA) is 42.2 Å². The van der Waals surface area contributed by atoms with Crippen LogP contribution in [-0.2, 0) is 0 Å². The van der Waals surface area contributed by atoms with E-state index in [0.717, 1.165) is 16.7 Å². The Hall–Kier alpha value is -1.51. The fourth-order valence-corrected chi connectivity index (χ4v) is 3.44. The van der Waals surface area contributed by atoms with Crippen molar-refractivity contribution in [1.82, 2.24) is 4.73 Å². The number of nitrogens with zero attached hydrogens (tertiary/aromatic N) is 1. The van der Waals surface area contributed by atoms with Gasteiger partial charge < -0.3 is 5.21 Å². The first-order valence-electron chi connectivity index (χ1n) is 11.2. The minimum absolute atomic E-state index is 0.324. The standard InChI is InChI=1S/C24H41NO2/c1-4-5-6-7-8-9-10-11-12-13-14-15-16-17-18-19-23-20-21(2)22(3)24(26)25(23)27/h18-20,27H,4-17H2,1-3H3/b19-18+. The second-order valence-corrected chi connectivity index (χ2v) is 7.93. The van der Waals surface area contributed by atoms with E-state index in [1.54, 1.807) is 6.92 Å². The third-order valence-corrected chi connectivity index (χ3v) is 5.48. The Bertz CT molecular complexity index is 601. The molecule has 0 fully saturated rings. The van der Waals surface area contributed by atoms with Crippen molar-refractivity contribution in [1.29, 1.82) is 0 Å². The fourth-order valence-electron chi connectivity index (χ4n) is 3.44. The molecular formula is C24H41NO2. The summed E-state index contributed by atoms with van der Waals surface area (Å²) in [4.78, 5) is 11.8. The van der Waals surface area contributed by atoms with Crippen LogP contribution in [-0.4, -0.2) is 9.94 Å². The zero-order valence-electron chi connectivity index (χ0n) is 17.9. The van der Waals surface area contributed by atoms with E-state index in [0.29, 0.717) is 11.3 Å². The summed E-state index contributed by atoms with van der Waals surface area (Å²) in [6, 6.07) is 1.86. The molecule has 1 aromatic heterocycles. The van der Waals surface area contributed by atoms with Crippen LogP contribution < -0.4 is 5.56 Å². The fraction of sp³-hybridized carbons (Fsp3) is 0.708. The Kier molecular flexibility index (Phi) is 12.7. The van der Waals surface area contributed by atoms with Crippen LogP contribution in [0.2, 0.25) is 0 Å². The third-order valence-electron chi connectivity index (χ3n) is 5.48. The number of pyridine rings is 1. The molecular weight excluding hydrogens is 334 g/mol. The molecule has 1 heterocycles. The number of unbranched alkanes of at least 4 members (excludes halogenated alkanes) is 13. The van der Waals surface area contributed by atoms with Gasteiger partial charge in [-0.3, -0.25) is 4.79 Å². The maximum absolute atomic E-state index is 11.8. The highest BCUT2D eigenvalue weighted by atomic mass is 16.5. The molecule has 0 amide bonds. The van der Waals surface area contributed by atoms with E-state index in [-0.39, 0.29) is 5.56 Å². The van der Waals surface area contributed by atoms with Crippen molar-refractivity contribution >= 4 is 6.08 Å². The molecule has 27 heavy (non-hydrogen) atoms. The number of hydrogen-bond acceptors (Lipinski definition) is 2. The molecule has 3 nitrogen and oxygen atoms in total. The van der Waals surface area contributed by atoms with Crippen LogP contribution >= 0.6 is 0 Å². The van der Waals surface area contributed by atoms with Crippen molar-refractivity contribution in [2.75, 3.05) is 0 Å². The van der Waals surface area contributed by atoms with Crippen molar-refractivity contribution in [3.63, 3.8) is 0 Å². The molecule has 0 aliphatic rings. The largest absolute Gasteiger partial charge is 0.425 e. The van der Waals surface area contributed by atoms with E-state index >= 15 is 0 Å². The van der Waals surface area contributed by atoms with Crippen LogP contribution in [0.3, 0.4) is 0 Å². The first-order valence-corrected chi connectivity index (χ1v) is 11.2. The number of aromatic nitrogens is 1. The van der Waals surface area contributed by atoms with Crippen LogP contribution in [0.25, 0.3) is 6.08 Å². The van der Waals surface area contributed by atoms with Crippen LogP contribution in [0.15, 0.2) is 16.9 Å². The highest BCUT2D eigenvalue weighted by Gasteiger charge is 2.05. The lowest BCUT2D eigenvalue weighted by Crippen LogP contribution is -2.23. The monoisotopic (exact) mass is 375 g/mol. The van der Waals surface area contributed by atoms with Gasteiger partial charge in [-0.2, -0.15) is 0 Å². The van der Waals surface area contributed by atoms with Gasteiger partial charge in [0.25, 0.3) is 5.56 Å². The molecule has 1 N–H and O–H groups in total. The molecule has 0 saturated carbocycles. The van der Waals surface area contributed by atoms with Gasteiger partial charge in [0.05, 0.1) is 5.69 Å². The zero-order valence-corrected chi connectivity index (χ0v) is 17.9. The van der Waals surface area contributed by atoms with Gasteiger partial charge in [0.2, 0.25) is 0 Å². The highest BCUT2D eigenvalue weighted by Crippen LogP contribution is 2.13. The molecule has 0 atom stereocenters. The summed E-state index contributed by atoms with van der Waals surface area (Å²) in [5, 5.41) is 9.87. The quantitative estimate of drug-likeness (QED) is 0.260. The molecule has 1 rings (SSSR count). The smallest absolute Gasteiger partial charge is 0.286 e. The van der Waals surface area contributed by atoms with Crippen molar-refractivity contribution < 1.29 is 5.21 Å². The number of allylic oxidation sites excluding steroid dienone is 1. The highest BCUT2D eigenvalue weighted by molar-refractivity contribution is 5.47. The van der Waals surface area contributed by atoms with Gasteiger partial charge in [-0.05, 0) is 44.4 Å². The molecule has 154 valence electrons. The number of rotatable bonds is 15. The lowest BCUT2D eigenvalue weighted by atomic mass is 10.0. The van der Waals surface area contributed by atoms with Gasteiger partial charge in [0, 0.05) is 5.56 Å². The summed E-state index contributed by atoms with van der Waals surface area (Å²) >= 11 is 0. The van der Waals surface area contributed by atoms with Gasteiger partial charge in [-0.1, -0.05) is 90.0 Å². The molecule has 0 spiro atoms. The van der Waals surface area contributed by atoms with E-state index in [1.807, 2.05) is 19.1 Å². The van der Waals surface area contributed by atoms with Crippen molar-refractivity contribution in [2.45, 2.75) is 111 Å². The molecule has 0 aromatic carbocycles. The number of aryl methyl sites for hydroxylation is 1. The van der Waals surface area contributed by atoms with Crippen LogP contribution in [0.5, 0.6) is 0 Å². The van der Waals surface area contributed by atoms with E-state index in [1.165, 1.54) is 83.5 Å².